The number of amides is 4. The quantitative estimate of drug-likeness (QED) is 0.292. The zero-order chi connectivity index (χ0) is 38.5. The summed E-state index contributed by atoms with van der Waals surface area (Å²) in [5.74, 6) is -3.59. The number of nitrogens with one attached hydrogen (secondary N) is 3. The Balaban J connectivity index is 1.32. The standard InChI is InChI=1S/C37H48N6O9S/c1-7-23-18-37(23,33(47)41-53(49,50)25-13-14-25)40-30(44)27-17-24-19-43(27)31(45)28(35(2,3)4)39-34(48)51-21-36(5,6)15-9-8-11-22-12-10-16-42-20-26(32(46)52-24)38-29(22)42/h7-8,10-12,16,20,23-25,27-28H,1,9,13-15,17-19,21H2,2-6H3,(H,39,48)(H,40,44)(H,41,47)/t23-,24-,27+,28-,37-/m1/s1. The summed E-state index contributed by atoms with van der Waals surface area (Å²) in [7, 11) is -3.93. The summed E-state index contributed by atoms with van der Waals surface area (Å²) in [5.41, 5.74) is -1.53. The lowest BCUT2D eigenvalue weighted by Crippen LogP contribution is -2.60. The number of hydrogen-bond donors (Lipinski definition) is 3. The fourth-order valence-electron chi connectivity index (χ4n) is 6.86. The van der Waals surface area contributed by atoms with Crippen LogP contribution in [0.25, 0.3) is 11.7 Å². The van der Waals surface area contributed by atoms with E-state index >= 15 is 0 Å². The van der Waals surface area contributed by atoms with Crippen LogP contribution in [-0.2, 0) is 33.9 Å². The first-order valence-corrected chi connectivity index (χ1v) is 19.5. The highest BCUT2D eigenvalue weighted by Crippen LogP contribution is 2.45. The minimum absolute atomic E-state index is 0.0310. The fraction of sp³-hybridized carbons (Fsp3) is 0.568. The molecule has 4 bridgehead atoms. The number of pyridine rings is 1. The van der Waals surface area contributed by atoms with Crippen molar-refractivity contribution in [3.63, 3.8) is 0 Å². The van der Waals surface area contributed by atoms with E-state index < -0.39 is 85.5 Å². The monoisotopic (exact) mass is 752 g/mol. The van der Waals surface area contributed by atoms with Gasteiger partial charge < -0.3 is 29.4 Å². The molecule has 6 rings (SSSR count). The number of sulfonamides is 1. The van der Waals surface area contributed by atoms with Gasteiger partial charge in [0.2, 0.25) is 21.8 Å². The molecule has 0 aromatic carbocycles. The number of hydrogen-bond acceptors (Lipinski definition) is 10. The molecule has 2 saturated carbocycles. The zero-order valence-corrected chi connectivity index (χ0v) is 31.5. The lowest BCUT2D eigenvalue weighted by molar-refractivity contribution is -0.143. The highest BCUT2D eigenvalue weighted by molar-refractivity contribution is 7.91. The molecule has 4 aliphatic rings. The van der Waals surface area contributed by atoms with Crippen molar-refractivity contribution in [1.29, 1.82) is 0 Å². The van der Waals surface area contributed by atoms with Gasteiger partial charge in [0.05, 0.1) is 18.4 Å². The van der Waals surface area contributed by atoms with Crippen molar-refractivity contribution >= 4 is 51.5 Å². The topological polar surface area (TPSA) is 195 Å². The highest BCUT2D eigenvalue weighted by atomic mass is 32.2. The number of fused-ring (bicyclic) bond motifs is 3. The molecule has 1 saturated heterocycles. The van der Waals surface area contributed by atoms with Crippen LogP contribution in [0.15, 0.2) is 43.3 Å². The van der Waals surface area contributed by atoms with Gasteiger partial charge in [-0.25, -0.2) is 23.0 Å². The van der Waals surface area contributed by atoms with Gasteiger partial charge in [0.1, 0.15) is 29.4 Å². The van der Waals surface area contributed by atoms with E-state index in [1.54, 1.807) is 37.6 Å². The maximum Gasteiger partial charge on any atom is 0.407 e. The number of ether oxygens (including phenoxy) is 2. The van der Waals surface area contributed by atoms with Crippen LogP contribution in [0.2, 0.25) is 0 Å². The molecule has 2 aliphatic heterocycles. The lowest BCUT2D eigenvalue weighted by atomic mass is 9.85. The number of nitrogens with zero attached hydrogens (tertiary/aromatic N) is 3. The second-order valence-corrected chi connectivity index (χ2v) is 18.4. The predicted octanol–water partition coefficient (Wildman–Crippen LogP) is 3.10. The molecular weight excluding hydrogens is 705 g/mol. The van der Waals surface area contributed by atoms with E-state index in [2.05, 4.69) is 26.9 Å². The first-order valence-electron chi connectivity index (χ1n) is 17.9. The van der Waals surface area contributed by atoms with Gasteiger partial charge in [-0.05, 0) is 55.1 Å². The Morgan fingerprint density at radius 1 is 1.17 bits per heavy atom. The Bertz CT molecular complexity index is 1980. The number of imidazole rings is 1. The molecule has 0 radical (unpaired) electrons. The van der Waals surface area contributed by atoms with Crippen molar-refractivity contribution < 1.29 is 41.9 Å². The molecule has 3 N–H and O–H groups in total. The maximum atomic E-state index is 14.5. The van der Waals surface area contributed by atoms with Crippen LogP contribution in [0.1, 0.15) is 89.2 Å². The largest absolute Gasteiger partial charge is 0.456 e. The van der Waals surface area contributed by atoms with Gasteiger partial charge in [0.25, 0.3) is 5.91 Å². The van der Waals surface area contributed by atoms with Gasteiger partial charge in [0, 0.05) is 30.3 Å². The van der Waals surface area contributed by atoms with Crippen LogP contribution in [0.5, 0.6) is 0 Å². The smallest absolute Gasteiger partial charge is 0.407 e. The Hall–Kier alpha value is -4.73. The van der Waals surface area contributed by atoms with E-state index in [0.29, 0.717) is 31.3 Å². The van der Waals surface area contributed by atoms with Crippen molar-refractivity contribution in [2.75, 3.05) is 13.2 Å². The molecule has 4 amide bonds. The molecular formula is C37H48N6O9S. The average molecular weight is 753 g/mol. The number of alkyl carbamates (subject to hydrolysis) is 1. The van der Waals surface area contributed by atoms with Crippen LogP contribution in [0, 0.1) is 16.7 Å². The van der Waals surface area contributed by atoms with Crippen LogP contribution in [-0.4, -0.2) is 94.6 Å². The van der Waals surface area contributed by atoms with Gasteiger partial charge in [0.15, 0.2) is 5.69 Å². The number of esters is 1. The first-order chi connectivity index (χ1) is 24.8. The second-order valence-electron chi connectivity index (χ2n) is 16.4. The number of carbonyl (C=O) groups is 5. The summed E-state index contributed by atoms with van der Waals surface area (Å²) >= 11 is 0. The SMILES string of the molecule is C=C[C@@H]1C[C@]1(NC(=O)[C@@H]1C[C@@H]2CN1C(=O)[C@H](C(C)(C)C)NC(=O)OCC(C)(C)CCC=Cc1cccn3cc(nc13)C(=O)O2)C(=O)NS(=O)(=O)C1CC1. The van der Waals surface area contributed by atoms with Gasteiger partial charge in [-0.15, -0.1) is 6.58 Å². The van der Waals surface area contributed by atoms with E-state index in [0.717, 1.165) is 5.56 Å². The summed E-state index contributed by atoms with van der Waals surface area (Å²) in [4.78, 5) is 74.6. The Labute approximate surface area is 309 Å². The predicted molar refractivity (Wildman–Crippen MR) is 194 cm³/mol. The zero-order valence-electron chi connectivity index (χ0n) is 30.7. The second kappa shape index (κ2) is 13.9. The molecule has 2 aromatic rings. The summed E-state index contributed by atoms with van der Waals surface area (Å²) in [6, 6.07) is 1.27. The molecule has 16 heteroatoms. The molecule has 53 heavy (non-hydrogen) atoms. The Morgan fingerprint density at radius 3 is 2.57 bits per heavy atom. The highest BCUT2D eigenvalue weighted by Gasteiger charge is 2.62. The van der Waals surface area contributed by atoms with Crippen LogP contribution < -0.4 is 15.4 Å². The minimum atomic E-state index is -3.93. The number of aromatic nitrogens is 2. The normalized spacial score (nSPS) is 28.1. The van der Waals surface area contributed by atoms with Gasteiger partial charge in [-0.3, -0.25) is 19.1 Å². The third kappa shape index (κ3) is 8.11. The van der Waals surface area contributed by atoms with Crippen molar-refractivity contribution in [3.05, 3.63) is 54.5 Å². The Kier molecular flexibility index (Phi) is 9.98. The number of allylic oxidation sites excluding steroid dienone is 1. The molecule has 286 valence electrons. The molecule has 5 atom stereocenters. The number of rotatable bonds is 6. The van der Waals surface area contributed by atoms with Crippen LogP contribution in [0.3, 0.4) is 0 Å². The molecule has 0 spiro atoms. The van der Waals surface area contributed by atoms with E-state index in [9.17, 15) is 32.4 Å². The van der Waals surface area contributed by atoms with E-state index in [4.69, 9.17) is 9.47 Å². The van der Waals surface area contributed by atoms with Crippen molar-refractivity contribution in [3.8, 4) is 0 Å². The van der Waals surface area contributed by atoms with Gasteiger partial charge in [-0.2, -0.15) is 0 Å². The minimum Gasteiger partial charge on any atom is -0.456 e. The first kappa shape index (κ1) is 38.0. The molecule has 2 aliphatic carbocycles. The summed E-state index contributed by atoms with van der Waals surface area (Å²) in [6.07, 6.45) is 9.10. The number of carbonyl (C=O) groups excluding carboxylic acids is 5. The van der Waals surface area contributed by atoms with Crippen molar-refractivity contribution in [1.82, 2.24) is 29.6 Å². The summed E-state index contributed by atoms with van der Waals surface area (Å²) in [6.45, 7) is 12.8. The third-order valence-electron chi connectivity index (χ3n) is 10.3. The fourth-order valence-corrected chi connectivity index (χ4v) is 8.22. The van der Waals surface area contributed by atoms with Gasteiger partial charge in [-0.1, -0.05) is 52.8 Å². The van der Waals surface area contributed by atoms with Crippen LogP contribution >= 0.6 is 0 Å². The van der Waals surface area contributed by atoms with Crippen LogP contribution in [0.4, 0.5) is 4.79 Å². The molecule has 3 fully saturated rings. The van der Waals surface area contributed by atoms with E-state index in [-0.39, 0.29) is 31.7 Å². The maximum absolute atomic E-state index is 14.5. The van der Waals surface area contributed by atoms with E-state index in [1.807, 2.05) is 38.1 Å². The summed E-state index contributed by atoms with van der Waals surface area (Å²) in [5, 5.41) is 4.77. The third-order valence-corrected chi connectivity index (χ3v) is 12.2. The van der Waals surface area contributed by atoms with Crippen molar-refractivity contribution in [2.45, 2.75) is 102 Å². The average Bonchev–Trinajstić information content (AvgIpc) is 3.97. The molecule has 2 aromatic heterocycles. The molecule has 4 heterocycles. The summed E-state index contributed by atoms with van der Waals surface area (Å²) < 4.78 is 40.7. The number of cyclic esters (lactones) is 1. The Morgan fingerprint density at radius 2 is 1.91 bits per heavy atom. The molecule has 0 unspecified atom stereocenters. The van der Waals surface area contributed by atoms with Crippen molar-refractivity contribution in [2.24, 2.45) is 16.7 Å². The molecule has 15 nitrogen and oxygen atoms in total. The van der Waals surface area contributed by atoms with E-state index in [1.165, 1.54) is 11.0 Å². The lowest BCUT2D eigenvalue weighted by Gasteiger charge is -2.35. The van der Waals surface area contributed by atoms with Gasteiger partial charge >= 0.3 is 12.1 Å².